The number of nitrogens with one attached hydrogen (secondary N) is 2. The lowest BCUT2D eigenvalue weighted by Crippen LogP contribution is -2.51. The summed E-state index contributed by atoms with van der Waals surface area (Å²) in [6.07, 6.45) is -0.139. The summed E-state index contributed by atoms with van der Waals surface area (Å²) in [7, 11) is 1.57. The summed E-state index contributed by atoms with van der Waals surface area (Å²) in [4.78, 5) is 49.7. The number of carbonyl (C=O) groups excluding carboxylic acids is 4. The summed E-state index contributed by atoms with van der Waals surface area (Å²) < 4.78 is 0. The van der Waals surface area contributed by atoms with E-state index in [9.17, 15) is 24.3 Å². The van der Waals surface area contributed by atoms with Crippen LogP contribution in [0, 0.1) is 0 Å². The molecule has 124 valence electrons. The number of rotatable bonds is 1. The van der Waals surface area contributed by atoms with Crippen LogP contribution in [0.1, 0.15) is 19.8 Å². The third-order valence-electron chi connectivity index (χ3n) is 3.49. The molecule has 1 heterocycles. The predicted octanol–water partition coefficient (Wildman–Crippen LogP) is -2.36. The highest BCUT2D eigenvalue weighted by atomic mass is 16.3. The van der Waals surface area contributed by atoms with Gasteiger partial charge in [-0.25, -0.2) is 0 Å². The lowest BCUT2D eigenvalue weighted by molar-refractivity contribution is -0.145. The van der Waals surface area contributed by atoms with Gasteiger partial charge >= 0.3 is 0 Å². The molecule has 1 atom stereocenters. The van der Waals surface area contributed by atoms with Crippen LogP contribution in [0.25, 0.3) is 0 Å². The first-order valence-corrected chi connectivity index (χ1v) is 7.05. The minimum absolute atomic E-state index is 0.0403. The van der Waals surface area contributed by atoms with Crippen molar-refractivity contribution in [1.29, 1.82) is 0 Å². The molecule has 1 saturated heterocycles. The molecule has 1 aliphatic rings. The maximum absolute atomic E-state index is 12.0. The Kier molecular flexibility index (Phi) is 6.77. The molecule has 0 aromatic rings. The molecule has 22 heavy (non-hydrogen) atoms. The highest BCUT2D eigenvalue weighted by Crippen LogP contribution is 2.04. The molecule has 1 aliphatic heterocycles. The van der Waals surface area contributed by atoms with Gasteiger partial charge in [0.15, 0.2) is 0 Å². The number of hydrogen-bond acceptors (Lipinski definition) is 5. The van der Waals surface area contributed by atoms with Crippen LogP contribution in [-0.4, -0.2) is 78.0 Å². The van der Waals surface area contributed by atoms with Crippen LogP contribution in [0.15, 0.2) is 0 Å². The van der Waals surface area contributed by atoms with E-state index >= 15 is 0 Å². The minimum atomic E-state index is -0.929. The van der Waals surface area contributed by atoms with Gasteiger partial charge in [0.2, 0.25) is 23.6 Å². The van der Waals surface area contributed by atoms with E-state index < -0.39 is 24.6 Å². The lowest BCUT2D eigenvalue weighted by atomic mass is 10.2. The maximum Gasteiger partial charge on any atom is 0.243 e. The first-order chi connectivity index (χ1) is 10.4. The number of aliphatic hydroxyl groups excluding tert-OH is 1. The van der Waals surface area contributed by atoms with Gasteiger partial charge in [0, 0.05) is 33.0 Å². The van der Waals surface area contributed by atoms with Crippen molar-refractivity contribution >= 4 is 23.6 Å². The fraction of sp³-hybridized carbons (Fsp3) is 0.692. The highest BCUT2D eigenvalue weighted by molar-refractivity contribution is 5.91. The van der Waals surface area contributed by atoms with Crippen molar-refractivity contribution in [2.45, 2.75) is 25.8 Å². The molecule has 4 amide bonds. The summed E-state index contributed by atoms with van der Waals surface area (Å²) >= 11 is 0. The number of hydrogen-bond donors (Lipinski definition) is 3. The van der Waals surface area contributed by atoms with Crippen molar-refractivity contribution in [3.63, 3.8) is 0 Å². The summed E-state index contributed by atoms with van der Waals surface area (Å²) in [5, 5.41) is 14.3. The average molecular weight is 314 g/mol. The molecule has 0 spiro atoms. The largest absolute Gasteiger partial charge is 0.376 e. The summed E-state index contributed by atoms with van der Waals surface area (Å²) in [6.45, 7) is 1.18. The smallest absolute Gasteiger partial charge is 0.243 e. The van der Waals surface area contributed by atoms with Gasteiger partial charge in [0.05, 0.1) is 6.54 Å². The van der Waals surface area contributed by atoms with E-state index in [2.05, 4.69) is 10.6 Å². The summed E-state index contributed by atoms with van der Waals surface area (Å²) in [5.74, 6) is -1.67. The highest BCUT2D eigenvalue weighted by Gasteiger charge is 2.26. The molecule has 0 aromatic carbocycles. The Morgan fingerprint density at radius 1 is 1.14 bits per heavy atom. The third kappa shape index (κ3) is 4.99. The van der Waals surface area contributed by atoms with Gasteiger partial charge in [-0.15, -0.1) is 0 Å². The van der Waals surface area contributed by atoms with Gasteiger partial charge in [0.1, 0.15) is 12.8 Å². The first kappa shape index (κ1) is 17.9. The van der Waals surface area contributed by atoms with Gasteiger partial charge in [-0.1, -0.05) is 0 Å². The Bertz CT molecular complexity index is 454. The van der Waals surface area contributed by atoms with Crippen molar-refractivity contribution in [2.75, 3.05) is 33.4 Å². The minimum Gasteiger partial charge on any atom is -0.376 e. The van der Waals surface area contributed by atoms with E-state index in [1.54, 1.807) is 7.05 Å². The van der Waals surface area contributed by atoms with E-state index in [0.717, 1.165) is 4.90 Å². The zero-order valence-electron chi connectivity index (χ0n) is 12.8. The molecule has 0 aromatic heterocycles. The molecule has 0 saturated carbocycles. The van der Waals surface area contributed by atoms with Crippen molar-refractivity contribution < 1.29 is 24.3 Å². The van der Waals surface area contributed by atoms with E-state index in [1.165, 1.54) is 11.8 Å². The Labute approximate surface area is 128 Å². The third-order valence-corrected chi connectivity index (χ3v) is 3.49. The zero-order valence-corrected chi connectivity index (χ0v) is 12.8. The first-order valence-electron chi connectivity index (χ1n) is 7.05. The summed E-state index contributed by atoms with van der Waals surface area (Å²) in [5.41, 5.74) is 0. The van der Waals surface area contributed by atoms with Gasteiger partial charge in [-0.2, -0.15) is 0 Å². The molecular formula is C13H22N4O5. The topological polar surface area (TPSA) is 119 Å². The Hall–Kier alpha value is -2.16. The molecule has 0 bridgehead atoms. The van der Waals surface area contributed by atoms with Gasteiger partial charge < -0.3 is 25.5 Å². The Morgan fingerprint density at radius 3 is 2.45 bits per heavy atom. The second-order valence-corrected chi connectivity index (χ2v) is 5.06. The number of aliphatic hydroxyl groups is 1. The second kappa shape index (κ2) is 8.32. The second-order valence-electron chi connectivity index (χ2n) is 5.06. The van der Waals surface area contributed by atoms with Crippen LogP contribution in [0.5, 0.6) is 0 Å². The van der Waals surface area contributed by atoms with Gasteiger partial charge in [0.25, 0.3) is 0 Å². The van der Waals surface area contributed by atoms with Crippen molar-refractivity contribution in [1.82, 2.24) is 20.4 Å². The molecule has 1 unspecified atom stereocenters. The number of nitrogens with zero attached hydrogens (tertiary/aromatic N) is 2. The van der Waals surface area contributed by atoms with Crippen LogP contribution in [0.2, 0.25) is 0 Å². The number of likely N-dealkylation sites (N-methyl/N-ethyl adjacent to an activating group) is 1. The van der Waals surface area contributed by atoms with Crippen LogP contribution in [0.4, 0.5) is 0 Å². The monoisotopic (exact) mass is 314 g/mol. The fourth-order valence-electron chi connectivity index (χ4n) is 1.94. The van der Waals surface area contributed by atoms with E-state index in [4.69, 9.17) is 0 Å². The number of amides is 4. The summed E-state index contributed by atoms with van der Waals surface area (Å²) in [6, 6.07) is -0.929. The molecule has 0 aliphatic carbocycles. The van der Waals surface area contributed by atoms with Crippen molar-refractivity contribution in [2.24, 2.45) is 0 Å². The molecule has 9 nitrogen and oxygen atoms in total. The van der Waals surface area contributed by atoms with Crippen LogP contribution >= 0.6 is 0 Å². The Morgan fingerprint density at radius 2 is 1.82 bits per heavy atom. The molecule has 1 rings (SSSR count). The van der Waals surface area contributed by atoms with Crippen LogP contribution < -0.4 is 10.6 Å². The van der Waals surface area contributed by atoms with E-state index in [1.807, 2.05) is 0 Å². The predicted molar refractivity (Wildman–Crippen MR) is 76.3 cm³/mol. The zero-order chi connectivity index (χ0) is 16.7. The molecule has 3 N–H and O–H groups in total. The quantitative estimate of drug-likeness (QED) is 0.500. The molecule has 1 fully saturated rings. The van der Waals surface area contributed by atoms with Gasteiger partial charge in [-0.05, 0) is 6.92 Å². The fourth-order valence-corrected chi connectivity index (χ4v) is 1.94. The van der Waals surface area contributed by atoms with Crippen molar-refractivity contribution in [3.8, 4) is 0 Å². The Balaban J connectivity index is 2.83. The SMILES string of the molecule is CC1C(=O)NCC(=O)N(C)CCNC(=O)CCC(=O)N1CO. The van der Waals surface area contributed by atoms with Crippen molar-refractivity contribution in [3.05, 3.63) is 0 Å². The van der Waals surface area contributed by atoms with Crippen LogP contribution in [-0.2, 0) is 19.2 Å². The lowest BCUT2D eigenvalue weighted by Gasteiger charge is -2.27. The van der Waals surface area contributed by atoms with Crippen LogP contribution in [0.3, 0.4) is 0 Å². The van der Waals surface area contributed by atoms with E-state index in [-0.39, 0.29) is 37.7 Å². The average Bonchev–Trinajstić information content (AvgIpc) is 2.49. The van der Waals surface area contributed by atoms with E-state index in [0.29, 0.717) is 6.54 Å². The molecule has 9 heteroatoms. The molecular weight excluding hydrogens is 292 g/mol. The molecule has 0 radical (unpaired) electrons. The standard InChI is InChI=1S/C13H22N4O5/c1-9-13(22)15-7-12(21)16(2)6-5-14-10(19)3-4-11(20)17(9)8-18/h9,18H,3-8H2,1-2H3,(H,14,19)(H,15,22). The normalized spacial score (nSPS) is 23.0. The van der Waals surface area contributed by atoms with Gasteiger partial charge in [-0.3, -0.25) is 19.2 Å². The number of carbonyl (C=O) groups is 4. The maximum atomic E-state index is 12.0.